The summed E-state index contributed by atoms with van der Waals surface area (Å²) in [4.78, 5) is 12.9. The lowest BCUT2D eigenvalue weighted by Crippen LogP contribution is -2.63. The summed E-state index contributed by atoms with van der Waals surface area (Å²) in [7, 11) is 0. The van der Waals surface area contributed by atoms with Gasteiger partial charge in [-0.15, -0.1) is 0 Å². The van der Waals surface area contributed by atoms with Crippen LogP contribution in [0.5, 0.6) is 0 Å². The molecular weight excluding hydrogens is 376 g/mol. The van der Waals surface area contributed by atoms with Crippen molar-refractivity contribution >= 4 is 5.78 Å². The first-order chi connectivity index (χ1) is 14.3. The van der Waals surface area contributed by atoms with Crippen molar-refractivity contribution in [2.45, 2.75) is 113 Å². The van der Waals surface area contributed by atoms with E-state index in [9.17, 15) is 4.79 Å². The zero-order chi connectivity index (χ0) is 22.6. The quantitative estimate of drug-likeness (QED) is 0.358. The molecule has 0 radical (unpaired) electrons. The predicted octanol–water partition coefficient (Wildman–Crippen LogP) is 8.23. The molecule has 31 heavy (non-hydrogen) atoms. The molecule has 4 saturated carbocycles. The van der Waals surface area contributed by atoms with Crippen molar-refractivity contribution in [2.75, 3.05) is 0 Å². The molecule has 1 nitrogen and oxygen atoms in total. The molecule has 0 bridgehead atoms. The zero-order valence-corrected chi connectivity index (χ0v) is 21.7. The van der Waals surface area contributed by atoms with Gasteiger partial charge in [-0.1, -0.05) is 67.0 Å². The van der Waals surface area contributed by atoms with Crippen molar-refractivity contribution < 1.29 is 4.79 Å². The summed E-state index contributed by atoms with van der Waals surface area (Å²) in [6.45, 7) is 20.2. The van der Waals surface area contributed by atoms with Crippen LogP contribution in [0.3, 0.4) is 0 Å². The van der Waals surface area contributed by atoms with Gasteiger partial charge in [0.05, 0.1) is 0 Å². The molecule has 5 aliphatic carbocycles. The first-order valence-electron chi connectivity index (χ1n) is 13.6. The van der Waals surface area contributed by atoms with Crippen LogP contribution in [0, 0.1) is 56.7 Å². The summed E-state index contributed by atoms with van der Waals surface area (Å²) in [6.07, 6.45) is 14.1. The van der Waals surface area contributed by atoms with Crippen LogP contribution in [-0.4, -0.2) is 5.78 Å². The van der Waals surface area contributed by atoms with Crippen LogP contribution in [0.15, 0.2) is 11.6 Å². The van der Waals surface area contributed by atoms with Gasteiger partial charge in [0, 0.05) is 11.8 Å². The molecule has 5 aliphatic rings. The molecule has 5 rings (SSSR count). The van der Waals surface area contributed by atoms with E-state index in [0.29, 0.717) is 39.3 Å². The highest BCUT2D eigenvalue weighted by Gasteiger charge is 2.67. The predicted molar refractivity (Wildman–Crippen MR) is 130 cm³/mol. The van der Waals surface area contributed by atoms with Crippen LogP contribution in [0.1, 0.15) is 113 Å². The Hall–Kier alpha value is -0.590. The number of ketones is 1. The van der Waals surface area contributed by atoms with Gasteiger partial charge in [0.1, 0.15) is 5.78 Å². The Bertz CT molecular complexity index is 820. The zero-order valence-electron chi connectivity index (χ0n) is 21.7. The topological polar surface area (TPSA) is 17.1 Å². The Morgan fingerprint density at radius 1 is 0.871 bits per heavy atom. The van der Waals surface area contributed by atoms with Crippen molar-refractivity contribution in [3.05, 3.63) is 11.6 Å². The van der Waals surface area contributed by atoms with Crippen molar-refractivity contribution in [2.24, 2.45) is 56.7 Å². The van der Waals surface area contributed by atoms with Gasteiger partial charge in [-0.25, -0.2) is 0 Å². The summed E-state index contributed by atoms with van der Waals surface area (Å²) in [5.41, 5.74) is 3.27. The SMILES string of the molecule is C[C@H]1[C@H](C)CC[C@]2(C)CC[C@]3(C)C4=CC[C@H]5C(C)(C)C(=O)CC[C@]5(C)[C@H]4CC[C@@]3(C)[C@@H]12. The van der Waals surface area contributed by atoms with Crippen molar-refractivity contribution in [1.29, 1.82) is 0 Å². The number of allylic oxidation sites excluding steroid dienone is 2. The van der Waals surface area contributed by atoms with E-state index in [2.05, 4.69) is 61.5 Å². The van der Waals surface area contributed by atoms with Crippen LogP contribution in [-0.2, 0) is 4.79 Å². The first kappa shape index (κ1) is 22.2. The van der Waals surface area contributed by atoms with Crippen LogP contribution < -0.4 is 0 Å². The molecule has 0 saturated heterocycles. The number of hydrogen-bond acceptors (Lipinski definition) is 1. The Morgan fingerprint density at radius 2 is 1.58 bits per heavy atom. The number of fused-ring (bicyclic) bond motifs is 7. The lowest BCUT2D eigenvalue weighted by atomic mass is 9.33. The van der Waals surface area contributed by atoms with E-state index < -0.39 is 0 Å². The van der Waals surface area contributed by atoms with E-state index in [1.54, 1.807) is 0 Å². The van der Waals surface area contributed by atoms with Gasteiger partial charge in [-0.3, -0.25) is 4.79 Å². The summed E-state index contributed by atoms with van der Waals surface area (Å²) < 4.78 is 0. The highest BCUT2D eigenvalue weighted by molar-refractivity contribution is 5.85. The summed E-state index contributed by atoms with van der Waals surface area (Å²) in [6, 6.07) is 0. The third-order valence-electron chi connectivity index (χ3n) is 13.1. The van der Waals surface area contributed by atoms with E-state index in [-0.39, 0.29) is 5.41 Å². The highest BCUT2D eigenvalue weighted by atomic mass is 16.1. The molecule has 0 unspecified atom stereocenters. The fourth-order valence-electron chi connectivity index (χ4n) is 10.8. The number of hydrogen-bond donors (Lipinski definition) is 0. The Morgan fingerprint density at radius 3 is 2.29 bits per heavy atom. The maximum Gasteiger partial charge on any atom is 0.138 e. The van der Waals surface area contributed by atoms with E-state index in [1.165, 1.54) is 38.5 Å². The maximum atomic E-state index is 12.9. The minimum Gasteiger partial charge on any atom is -0.299 e. The molecule has 0 aliphatic heterocycles. The van der Waals surface area contributed by atoms with Crippen LogP contribution in [0.4, 0.5) is 0 Å². The second-order valence-corrected chi connectivity index (χ2v) is 14.4. The van der Waals surface area contributed by atoms with Gasteiger partial charge in [-0.2, -0.15) is 0 Å². The molecule has 0 N–H and O–H groups in total. The lowest BCUT2D eigenvalue weighted by molar-refractivity contribution is -0.181. The Labute approximate surface area is 192 Å². The molecule has 0 spiro atoms. The molecule has 0 aromatic carbocycles. The molecule has 0 amide bonds. The fourth-order valence-corrected chi connectivity index (χ4v) is 10.8. The summed E-state index contributed by atoms with van der Waals surface area (Å²) in [5, 5.41) is 0. The van der Waals surface area contributed by atoms with Crippen molar-refractivity contribution in [3.8, 4) is 0 Å². The number of Topliss-reactive ketones (excluding diaryl/α,β-unsaturated/α-hetero) is 1. The van der Waals surface area contributed by atoms with E-state index in [1.807, 2.05) is 5.57 Å². The monoisotopic (exact) mass is 424 g/mol. The molecule has 9 atom stereocenters. The van der Waals surface area contributed by atoms with Gasteiger partial charge >= 0.3 is 0 Å². The standard InChI is InChI=1S/C30H48O/c1-19-11-14-27(5)17-18-29(7)22-9-10-23-26(3,4)24(31)13-15-28(23,6)21(22)12-16-30(29,8)25(27)20(19)2/h9,19-21,23,25H,10-18H2,1-8H3/t19-,20+,21+,23+,25+,27-,28-,29-,30+/m1/s1. The van der Waals surface area contributed by atoms with Gasteiger partial charge in [0.2, 0.25) is 0 Å². The van der Waals surface area contributed by atoms with Gasteiger partial charge in [0.15, 0.2) is 0 Å². The molecular formula is C30H48O. The highest BCUT2D eigenvalue weighted by Crippen LogP contribution is 2.75. The Balaban J connectivity index is 1.59. The molecule has 0 aromatic heterocycles. The van der Waals surface area contributed by atoms with Gasteiger partial charge in [-0.05, 0) is 103 Å². The summed E-state index contributed by atoms with van der Waals surface area (Å²) in [5.74, 6) is 4.26. The first-order valence-corrected chi connectivity index (χ1v) is 13.6. The average Bonchev–Trinajstić information content (AvgIpc) is 2.70. The summed E-state index contributed by atoms with van der Waals surface area (Å²) >= 11 is 0. The minimum absolute atomic E-state index is 0.158. The largest absolute Gasteiger partial charge is 0.299 e. The van der Waals surface area contributed by atoms with Crippen molar-refractivity contribution in [1.82, 2.24) is 0 Å². The molecule has 0 heterocycles. The number of carbonyl (C=O) groups is 1. The third kappa shape index (κ3) is 2.59. The fraction of sp³-hybridized carbons (Fsp3) is 0.900. The average molecular weight is 425 g/mol. The van der Waals surface area contributed by atoms with Gasteiger partial charge < -0.3 is 0 Å². The van der Waals surface area contributed by atoms with E-state index in [4.69, 9.17) is 0 Å². The van der Waals surface area contributed by atoms with Gasteiger partial charge in [0.25, 0.3) is 0 Å². The molecule has 174 valence electrons. The minimum atomic E-state index is -0.158. The molecule has 4 fully saturated rings. The van der Waals surface area contributed by atoms with Crippen molar-refractivity contribution in [3.63, 3.8) is 0 Å². The normalized spacial score (nSPS) is 55.9. The molecule has 0 aromatic rings. The lowest BCUT2D eigenvalue weighted by Gasteiger charge is -2.71. The van der Waals surface area contributed by atoms with Crippen LogP contribution in [0.25, 0.3) is 0 Å². The second-order valence-electron chi connectivity index (χ2n) is 14.4. The maximum absolute atomic E-state index is 12.9. The van der Waals surface area contributed by atoms with Crippen LogP contribution in [0.2, 0.25) is 0 Å². The molecule has 1 heteroatoms. The number of carbonyl (C=O) groups excluding carboxylic acids is 1. The third-order valence-corrected chi connectivity index (χ3v) is 13.1. The van der Waals surface area contributed by atoms with Crippen LogP contribution >= 0.6 is 0 Å². The number of rotatable bonds is 0. The Kier molecular flexibility index (Phi) is 4.66. The van der Waals surface area contributed by atoms with E-state index >= 15 is 0 Å². The second kappa shape index (κ2) is 6.50. The smallest absolute Gasteiger partial charge is 0.138 e. The van der Waals surface area contributed by atoms with E-state index in [0.717, 1.165) is 37.0 Å².